The lowest BCUT2D eigenvalue weighted by atomic mass is 10.1. The van der Waals surface area contributed by atoms with E-state index < -0.39 is 23.0 Å². The van der Waals surface area contributed by atoms with Gasteiger partial charge in [0.15, 0.2) is 0 Å². The first-order valence-electron chi connectivity index (χ1n) is 9.19. The summed E-state index contributed by atoms with van der Waals surface area (Å²) in [6.45, 7) is 3.52. The zero-order valence-corrected chi connectivity index (χ0v) is 16.3. The number of hydrogen-bond donors (Lipinski definition) is 2. The number of rotatable bonds is 3. The van der Waals surface area contributed by atoms with Crippen LogP contribution in [0.2, 0.25) is 0 Å². The van der Waals surface area contributed by atoms with E-state index in [4.69, 9.17) is 0 Å². The number of aromatic amines is 1. The molecule has 0 unspecified atom stereocenters. The number of aryl methyl sites for hydroxylation is 1. The van der Waals surface area contributed by atoms with E-state index in [0.29, 0.717) is 17.1 Å². The molecule has 8 nitrogen and oxygen atoms in total. The van der Waals surface area contributed by atoms with Crippen LogP contribution in [0.15, 0.2) is 74.9 Å². The van der Waals surface area contributed by atoms with Crippen LogP contribution in [0.3, 0.4) is 0 Å². The van der Waals surface area contributed by atoms with Gasteiger partial charge in [0.25, 0.3) is 11.5 Å². The Bertz CT molecular complexity index is 1320. The summed E-state index contributed by atoms with van der Waals surface area (Å²) in [6.07, 6.45) is 1.25. The summed E-state index contributed by atoms with van der Waals surface area (Å²) >= 11 is 0. The number of amides is 1. The molecule has 1 aromatic heterocycles. The van der Waals surface area contributed by atoms with E-state index in [2.05, 4.69) is 10.1 Å². The topological polar surface area (TPSA) is 108 Å². The molecule has 0 bridgehead atoms. The van der Waals surface area contributed by atoms with Gasteiger partial charge in [-0.1, -0.05) is 35.9 Å². The fourth-order valence-corrected chi connectivity index (χ4v) is 3.17. The fraction of sp³-hybridized carbons (Fsp3) is 0.0909. The van der Waals surface area contributed by atoms with Gasteiger partial charge < -0.3 is 5.11 Å². The summed E-state index contributed by atoms with van der Waals surface area (Å²) in [7, 11) is 0. The number of nitrogens with zero attached hydrogens (tertiary/aromatic N) is 3. The first kappa shape index (κ1) is 19.1. The first-order chi connectivity index (χ1) is 14.4. The van der Waals surface area contributed by atoms with Crippen molar-refractivity contribution in [2.24, 2.45) is 5.10 Å². The summed E-state index contributed by atoms with van der Waals surface area (Å²) in [5.74, 6) is -0.996. The highest BCUT2D eigenvalue weighted by molar-refractivity contribution is 6.32. The number of benzene rings is 2. The molecule has 0 fully saturated rings. The normalized spacial score (nSPS) is 15.0. The van der Waals surface area contributed by atoms with Crippen LogP contribution in [0.25, 0.3) is 11.8 Å². The van der Waals surface area contributed by atoms with Gasteiger partial charge in [0.1, 0.15) is 5.56 Å². The van der Waals surface area contributed by atoms with Crippen LogP contribution < -0.4 is 16.3 Å². The largest absolute Gasteiger partial charge is 0.494 e. The standard InChI is InChI=1S/C22H18N4O4/c1-13-8-10-15(11-9-13)25-20(28)18(19(27)23-22(25)30)12-17-14(2)24-26(21(17)29)16-6-4-3-5-7-16/h3-12,28H,1-2H3,(H,23,27,30)/b17-12+. The molecule has 0 spiro atoms. The van der Waals surface area contributed by atoms with Crippen LogP contribution in [0.4, 0.5) is 5.69 Å². The minimum absolute atomic E-state index is 0.147. The number of hydrazone groups is 1. The Labute approximate surface area is 171 Å². The smallest absolute Gasteiger partial charge is 0.335 e. The van der Waals surface area contributed by atoms with Crippen molar-refractivity contribution in [2.45, 2.75) is 13.8 Å². The molecule has 3 aromatic rings. The lowest BCUT2D eigenvalue weighted by Crippen LogP contribution is -2.30. The van der Waals surface area contributed by atoms with Crippen molar-refractivity contribution in [1.29, 1.82) is 0 Å². The van der Waals surface area contributed by atoms with Crippen molar-refractivity contribution >= 4 is 23.4 Å². The summed E-state index contributed by atoms with van der Waals surface area (Å²) in [5.41, 5.74) is 0.681. The van der Waals surface area contributed by atoms with E-state index in [1.54, 1.807) is 55.5 Å². The maximum atomic E-state index is 12.9. The summed E-state index contributed by atoms with van der Waals surface area (Å²) in [5, 5.41) is 16.2. The zero-order chi connectivity index (χ0) is 21.4. The number of nitrogens with one attached hydrogen (secondary N) is 1. The molecule has 0 saturated heterocycles. The van der Waals surface area contributed by atoms with E-state index in [1.165, 1.54) is 11.1 Å². The van der Waals surface area contributed by atoms with Crippen LogP contribution in [-0.4, -0.2) is 26.3 Å². The number of para-hydroxylation sites is 1. The Morgan fingerprint density at radius 1 is 0.933 bits per heavy atom. The predicted octanol–water partition coefficient (Wildman–Crippen LogP) is 2.35. The Morgan fingerprint density at radius 3 is 2.27 bits per heavy atom. The summed E-state index contributed by atoms with van der Waals surface area (Å²) < 4.78 is 0.980. The third kappa shape index (κ3) is 3.24. The van der Waals surface area contributed by atoms with Crippen LogP contribution in [0, 0.1) is 6.92 Å². The van der Waals surface area contributed by atoms with Crippen molar-refractivity contribution in [3.05, 3.63) is 92.1 Å². The quantitative estimate of drug-likeness (QED) is 0.656. The number of carbonyl (C=O) groups excluding carboxylic acids is 1. The highest BCUT2D eigenvalue weighted by Gasteiger charge is 2.29. The van der Waals surface area contributed by atoms with Gasteiger partial charge in [-0.2, -0.15) is 10.1 Å². The van der Waals surface area contributed by atoms with E-state index in [1.807, 2.05) is 13.0 Å². The SMILES string of the molecule is CC1=NN(c2ccccc2)C(=O)/C1=C/c1c(O)n(-c2ccc(C)cc2)c(=O)[nH]c1=O. The molecule has 1 aliphatic rings. The highest BCUT2D eigenvalue weighted by Crippen LogP contribution is 2.26. The molecule has 1 amide bonds. The average Bonchev–Trinajstić information content (AvgIpc) is 3.01. The molecule has 0 aliphatic carbocycles. The molecule has 1 aliphatic heterocycles. The number of hydrogen-bond acceptors (Lipinski definition) is 5. The molecule has 2 heterocycles. The molecular weight excluding hydrogens is 384 g/mol. The van der Waals surface area contributed by atoms with E-state index in [9.17, 15) is 19.5 Å². The average molecular weight is 402 g/mol. The lowest BCUT2D eigenvalue weighted by Gasteiger charge is -2.12. The van der Waals surface area contributed by atoms with Crippen molar-refractivity contribution in [1.82, 2.24) is 9.55 Å². The Morgan fingerprint density at radius 2 is 1.60 bits per heavy atom. The molecule has 0 saturated carbocycles. The van der Waals surface area contributed by atoms with Crippen LogP contribution in [0.1, 0.15) is 18.1 Å². The van der Waals surface area contributed by atoms with Gasteiger partial charge in [-0.25, -0.2) is 9.36 Å². The van der Waals surface area contributed by atoms with Gasteiger partial charge in [-0.15, -0.1) is 0 Å². The van der Waals surface area contributed by atoms with E-state index in [-0.39, 0.29) is 11.1 Å². The molecule has 30 heavy (non-hydrogen) atoms. The Balaban J connectivity index is 1.83. The van der Waals surface area contributed by atoms with Crippen molar-refractivity contribution in [2.75, 3.05) is 5.01 Å². The van der Waals surface area contributed by atoms with Crippen LogP contribution in [0.5, 0.6) is 5.88 Å². The number of carbonyl (C=O) groups is 1. The minimum atomic E-state index is -0.799. The third-order valence-corrected chi connectivity index (χ3v) is 4.77. The molecule has 2 N–H and O–H groups in total. The van der Waals surface area contributed by atoms with Gasteiger partial charge in [0.2, 0.25) is 5.88 Å². The monoisotopic (exact) mass is 402 g/mol. The second-order valence-corrected chi connectivity index (χ2v) is 6.86. The highest BCUT2D eigenvalue weighted by atomic mass is 16.3. The molecule has 0 radical (unpaired) electrons. The molecular formula is C22H18N4O4. The third-order valence-electron chi connectivity index (χ3n) is 4.77. The van der Waals surface area contributed by atoms with Gasteiger partial charge in [0, 0.05) is 0 Å². The Kier molecular flexibility index (Phi) is 4.67. The molecule has 0 atom stereocenters. The molecule has 150 valence electrons. The second kappa shape index (κ2) is 7.32. The fourth-order valence-electron chi connectivity index (χ4n) is 3.17. The van der Waals surface area contributed by atoms with Crippen molar-refractivity contribution < 1.29 is 9.90 Å². The van der Waals surface area contributed by atoms with E-state index in [0.717, 1.165) is 10.1 Å². The van der Waals surface area contributed by atoms with Gasteiger partial charge in [-0.05, 0) is 44.2 Å². The zero-order valence-electron chi connectivity index (χ0n) is 16.3. The van der Waals surface area contributed by atoms with E-state index >= 15 is 0 Å². The predicted molar refractivity (Wildman–Crippen MR) is 114 cm³/mol. The summed E-state index contributed by atoms with van der Waals surface area (Å²) in [4.78, 5) is 39.8. The van der Waals surface area contributed by atoms with Crippen LogP contribution in [-0.2, 0) is 4.79 Å². The first-order valence-corrected chi connectivity index (χ1v) is 9.19. The number of anilines is 1. The second-order valence-electron chi connectivity index (χ2n) is 6.86. The Hall–Kier alpha value is -4.20. The number of aromatic nitrogens is 2. The lowest BCUT2D eigenvalue weighted by molar-refractivity contribution is -0.114. The number of H-pyrrole nitrogens is 1. The van der Waals surface area contributed by atoms with Crippen LogP contribution >= 0.6 is 0 Å². The van der Waals surface area contributed by atoms with Crippen molar-refractivity contribution in [3.8, 4) is 11.6 Å². The molecule has 2 aromatic carbocycles. The summed E-state index contributed by atoms with van der Waals surface area (Å²) in [6, 6.07) is 15.7. The van der Waals surface area contributed by atoms with Gasteiger partial charge in [0.05, 0.1) is 22.7 Å². The van der Waals surface area contributed by atoms with Gasteiger partial charge >= 0.3 is 5.69 Å². The molecule has 8 heteroatoms. The maximum absolute atomic E-state index is 12.9. The van der Waals surface area contributed by atoms with Gasteiger partial charge in [-0.3, -0.25) is 14.6 Å². The number of aromatic hydroxyl groups is 1. The maximum Gasteiger partial charge on any atom is 0.335 e. The molecule has 4 rings (SSSR count). The van der Waals surface area contributed by atoms with Crippen molar-refractivity contribution in [3.63, 3.8) is 0 Å². The minimum Gasteiger partial charge on any atom is -0.494 e.